The number of hydrogen-bond acceptors (Lipinski definition) is 2. The van der Waals surface area contributed by atoms with E-state index < -0.39 is 39.7 Å². The fourth-order valence-electron chi connectivity index (χ4n) is 1.14. The molecule has 0 aliphatic heterocycles. The van der Waals surface area contributed by atoms with Gasteiger partial charge in [-0.05, 0) is 12.1 Å². The highest BCUT2D eigenvalue weighted by molar-refractivity contribution is 6.38. The first-order chi connectivity index (χ1) is 7.29. The Labute approximate surface area is 98.6 Å². The van der Waals surface area contributed by atoms with Crippen molar-refractivity contribution in [3.63, 3.8) is 0 Å². The van der Waals surface area contributed by atoms with Crippen molar-refractivity contribution in [1.82, 2.24) is 0 Å². The highest BCUT2D eigenvalue weighted by Gasteiger charge is 2.36. The lowest BCUT2D eigenvalue weighted by molar-refractivity contribution is -0.137. The van der Waals surface area contributed by atoms with E-state index in [1.54, 1.807) is 0 Å². The predicted molar refractivity (Wildman–Crippen MR) is 53.2 cm³/mol. The summed E-state index contributed by atoms with van der Waals surface area (Å²) < 4.78 is 37.6. The molecule has 2 nitrogen and oxygen atoms in total. The van der Waals surface area contributed by atoms with Gasteiger partial charge in [-0.15, -0.1) is 11.6 Å². The maximum absolute atomic E-state index is 12.5. The van der Waals surface area contributed by atoms with Gasteiger partial charge in [0.25, 0.3) is 0 Å². The average Bonchev–Trinajstić information content (AvgIpc) is 2.19. The van der Waals surface area contributed by atoms with Crippen molar-refractivity contribution in [3.05, 3.63) is 28.3 Å². The summed E-state index contributed by atoms with van der Waals surface area (Å²) in [4.78, 5) is 11.2. The van der Waals surface area contributed by atoms with Gasteiger partial charge in [-0.25, -0.2) is 0 Å². The molecule has 1 rings (SSSR count). The van der Waals surface area contributed by atoms with Gasteiger partial charge < -0.3 is 5.11 Å². The molecular weight excluding hydrogens is 268 g/mol. The summed E-state index contributed by atoms with van der Waals surface area (Å²) >= 11 is 10.6. The van der Waals surface area contributed by atoms with E-state index in [2.05, 4.69) is 0 Å². The van der Waals surface area contributed by atoms with E-state index in [-0.39, 0.29) is 0 Å². The summed E-state index contributed by atoms with van der Waals surface area (Å²) in [6, 6.07) is 1.36. The van der Waals surface area contributed by atoms with Crippen LogP contribution in [0.3, 0.4) is 0 Å². The molecule has 1 aromatic rings. The van der Waals surface area contributed by atoms with Crippen LogP contribution in [0, 0.1) is 0 Å². The second-order valence-corrected chi connectivity index (χ2v) is 3.52. The van der Waals surface area contributed by atoms with E-state index in [9.17, 15) is 18.0 Å². The molecule has 1 aromatic carbocycles. The van der Waals surface area contributed by atoms with Gasteiger partial charge >= 0.3 is 6.18 Å². The number of Topliss-reactive ketones (excluding diaryl/α,β-unsaturated/α-hetero) is 1. The Morgan fingerprint density at radius 1 is 1.38 bits per heavy atom. The minimum atomic E-state index is -4.73. The summed E-state index contributed by atoms with van der Waals surface area (Å²) in [5.74, 6) is -2.23. The fraction of sp³-hybridized carbons (Fsp3) is 0.222. The highest BCUT2D eigenvalue weighted by atomic mass is 35.5. The number of ketones is 1. The third-order valence-electron chi connectivity index (χ3n) is 1.83. The molecule has 16 heavy (non-hydrogen) atoms. The Balaban J connectivity index is 3.51. The van der Waals surface area contributed by atoms with Crippen LogP contribution in [0.2, 0.25) is 5.02 Å². The fourth-order valence-corrected chi connectivity index (χ4v) is 1.54. The maximum Gasteiger partial charge on any atom is 0.417 e. The zero-order chi connectivity index (χ0) is 12.5. The molecule has 0 atom stereocenters. The molecule has 0 aliphatic rings. The largest absolute Gasteiger partial charge is 0.506 e. The van der Waals surface area contributed by atoms with Gasteiger partial charge in [-0.2, -0.15) is 13.2 Å². The topological polar surface area (TPSA) is 37.3 Å². The van der Waals surface area contributed by atoms with Crippen LogP contribution in [0.1, 0.15) is 15.9 Å². The molecule has 0 unspecified atom stereocenters. The number of aromatic hydroxyl groups is 1. The van der Waals surface area contributed by atoms with Crippen LogP contribution in [0.5, 0.6) is 5.75 Å². The molecule has 0 aliphatic carbocycles. The Morgan fingerprint density at radius 3 is 2.38 bits per heavy atom. The lowest BCUT2D eigenvalue weighted by atomic mass is 10.0. The van der Waals surface area contributed by atoms with E-state index >= 15 is 0 Å². The number of carbonyl (C=O) groups excluding carboxylic acids is 1. The predicted octanol–water partition coefficient (Wildman–Crippen LogP) is 3.49. The van der Waals surface area contributed by atoms with Crippen LogP contribution in [0.4, 0.5) is 13.2 Å². The van der Waals surface area contributed by atoms with Gasteiger partial charge in [0, 0.05) is 0 Å². The van der Waals surface area contributed by atoms with Gasteiger partial charge in [-0.3, -0.25) is 4.79 Å². The highest BCUT2D eigenvalue weighted by Crippen LogP contribution is 2.38. The summed E-state index contributed by atoms with van der Waals surface area (Å²) in [6.07, 6.45) is -4.73. The summed E-state index contributed by atoms with van der Waals surface area (Å²) in [5, 5.41) is 8.50. The summed E-state index contributed by atoms with van der Waals surface area (Å²) in [5.41, 5.74) is -2.01. The lowest BCUT2D eigenvalue weighted by Crippen LogP contribution is -2.14. The first-order valence-electron chi connectivity index (χ1n) is 3.97. The number of carbonyl (C=O) groups is 1. The number of phenolic OH excluding ortho intramolecular Hbond substituents is 1. The lowest BCUT2D eigenvalue weighted by Gasteiger charge is -2.13. The van der Waals surface area contributed by atoms with Crippen LogP contribution in [0.25, 0.3) is 0 Å². The molecule has 0 bridgehead atoms. The third-order valence-corrected chi connectivity index (χ3v) is 2.45. The molecule has 0 spiro atoms. The van der Waals surface area contributed by atoms with Gasteiger partial charge in [0.2, 0.25) is 0 Å². The van der Waals surface area contributed by atoms with Crippen molar-refractivity contribution in [2.75, 3.05) is 5.88 Å². The molecule has 1 N–H and O–H groups in total. The van der Waals surface area contributed by atoms with E-state index in [4.69, 9.17) is 28.3 Å². The first kappa shape index (κ1) is 13.1. The van der Waals surface area contributed by atoms with Crippen LogP contribution in [-0.4, -0.2) is 16.8 Å². The number of rotatable bonds is 2. The van der Waals surface area contributed by atoms with E-state index in [0.29, 0.717) is 6.07 Å². The molecule has 0 saturated heterocycles. The zero-order valence-electron chi connectivity index (χ0n) is 7.61. The molecular formula is C9H5Cl2F3O2. The smallest absolute Gasteiger partial charge is 0.417 e. The first-order valence-corrected chi connectivity index (χ1v) is 4.88. The molecule has 7 heteroatoms. The SMILES string of the molecule is O=C(CCl)c1c(C(F)(F)F)ccc(O)c1Cl. The molecule has 0 radical (unpaired) electrons. The van der Waals surface area contributed by atoms with E-state index in [0.717, 1.165) is 6.07 Å². The third kappa shape index (κ3) is 2.41. The number of phenols is 1. The van der Waals surface area contributed by atoms with Crippen LogP contribution >= 0.6 is 23.2 Å². The Bertz CT molecular complexity index is 429. The van der Waals surface area contributed by atoms with Gasteiger partial charge in [0.1, 0.15) is 5.75 Å². The molecule has 0 amide bonds. The van der Waals surface area contributed by atoms with Crippen molar-refractivity contribution in [1.29, 1.82) is 0 Å². The van der Waals surface area contributed by atoms with Crippen molar-refractivity contribution in [2.45, 2.75) is 6.18 Å². The van der Waals surface area contributed by atoms with Crippen LogP contribution in [-0.2, 0) is 6.18 Å². The molecule has 0 saturated carbocycles. The van der Waals surface area contributed by atoms with Crippen molar-refractivity contribution >= 4 is 29.0 Å². The Morgan fingerprint density at radius 2 is 1.94 bits per heavy atom. The van der Waals surface area contributed by atoms with Gasteiger partial charge in [0.15, 0.2) is 5.78 Å². The summed E-state index contributed by atoms with van der Waals surface area (Å²) in [6.45, 7) is 0. The number of benzene rings is 1. The molecule has 88 valence electrons. The molecule has 0 heterocycles. The minimum absolute atomic E-state index is 0.584. The molecule has 0 aromatic heterocycles. The van der Waals surface area contributed by atoms with Crippen molar-refractivity contribution < 1.29 is 23.1 Å². The Hall–Kier alpha value is -0.940. The van der Waals surface area contributed by atoms with Gasteiger partial charge in [0.05, 0.1) is 22.0 Å². The number of hydrogen-bond donors (Lipinski definition) is 1. The summed E-state index contributed by atoms with van der Waals surface area (Å²) in [7, 11) is 0. The molecule has 0 fully saturated rings. The van der Waals surface area contributed by atoms with Crippen molar-refractivity contribution in [2.24, 2.45) is 0 Å². The maximum atomic E-state index is 12.5. The zero-order valence-corrected chi connectivity index (χ0v) is 9.12. The van der Waals surface area contributed by atoms with Crippen molar-refractivity contribution in [3.8, 4) is 5.75 Å². The number of halogens is 5. The quantitative estimate of drug-likeness (QED) is 0.661. The standard InChI is InChI=1S/C9H5Cl2F3O2/c10-3-6(16)7-4(9(12,13)14)1-2-5(15)8(7)11/h1-2,15H,3H2. The van der Waals surface area contributed by atoms with Crippen LogP contribution < -0.4 is 0 Å². The minimum Gasteiger partial charge on any atom is -0.506 e. The second-order valence-electron chi connectivity index (χ2n) is 2.88. The number of alkyl halides is 4. The van der Waals surface area contributed by atoms with E-state index in [1.165, 1.54) is 0 Å². The monoisotopic (exact) mass is 272 g/mol. The van der Waals surface area contributed by atoms with Gasteiger partial charge in [-0.1, -0.05) is 11.6 Å². The average molecular weight is 273 g/mol. The Kier molecular flexibility index (Phi) is 3.70. The van der Waals surface area contributed by atoms with Crippen LogP contribution in [0.15, 0.2) is 12.1 Å². The second kappa shape index (κ2) is 4.51. The van der Waals surface area contributed by atoms with E-state index in [1.807, 2.05) is 0 Å². The normalized spacial score (nSPS) is 11.6.